The number of hydrogen-bond acceptors (Lipinski definition) is 5. The molecule has 3 N–H and O–H groups in total. The Morgan fingerprint density at radius 2 is 2.12 bits per heavy atom. The van der Waals surface area contributed by atoms with Gasteiger partial charge in [0.2, 0.25) is 5.88 Å². The smallest absolute Gasteiger partial charge is 0.213 e. The lowest BCUT2D eigenvalue weighted by Crippen LogP contribution is -2.21. The topological polar surface area (TPSA) is 77.6 Å². The fraction of sp³-hybridized carbons (Fsp3) is 0.389. The summed E-state index contributed by atoms with van der Waals surface area (Å²) in [5.74, 6) is 0.520. The number of nitrogens with zero attached hydrogens (tertiary/aromatic N) is 1. The minimum absolute atomic E-state index is 0.0288. The minimum Gasteiger partial charge on any atom is -0.472 e. The summed E-state index contributed by atoms with van der Waals surface area (Å²) >= 11 is 12.0. The van der Waals surface area contributed by atoms with Crippen LogP contribution < -0.4 is 10.5 Å². The molecule has 0 bridgehead atoms. The number of ether oxygens (including phenoxy) is 2. The Balaban J connectivity index is 1.76. The molecular formula is C18H20Cl2N2O3. The summed E-state index contributed by atoms with van der Waals surface area (Å²) in [6.07, 6.45) is 1.56. The minimum atomic E-state index is -0.923. The normalized spacial score (nSPS) is 19.6. The molecule has 7 heteroatoms. The van der Waals surface area contributed by atoms with Crippen molar-refractivity contribution in [1.82, 2.24) is 4.98 Å². The molecule has 1 saturated heterocycles. The predicted octanol–water partition coefficient (Wildman–Crippen LogP) is 3.60. The molecule has 25 heavy (non-hydrogen) atoms. The summed E-state index contributed by atoms with van der Waals surface area (Å²) in [6, 6.07) is 6.24. The lowest BCUT2D eigenvalue weighted by Gasteiger charge is -2.22. The van der Waals surface area contributed by atoms with Crippen molar-refractivity contribution >= 4 is 23.2 Å². The van der Waals surface area contributed by atoms with Crippen LogP contribution in [0.1, 0.15) is 35.3 Å². The van der Waals surface area contributed by atoms with E-state index in [1.54, 1.807) is 30.5 Å². The van der Waals surface area contributed by atoms with E-state index in [-0.39, 0.29) is 6.10 Å². The summed E-state index contributed by atoms with van der Waals surface area (Å²) < 4.78 is 11.1. The van der Waals surface area contributed by atoms with Crippen molar-refractivity contribution in [1.29, 1.82) is 0 Å². The van der Waals surface area contributed by atoms with Gasteiger partial charge in [0.15, 0.2) is 0 Å². The molecule has 0 spiro atoms. The van der Waals surface area contributed by atoms with Crippen LogP contribution in [-0.4, -0.2) is 29.4 Å². The number of aliphatic hydroxyl groups is 1. The third kappa shape index (κ3) is 4.25. The molecule has 1 aromatic carbocycles. The first-order chi connectivity index (χ1) is 12.0. The average molecular weight is 383 g/mol. The highest BCUT2D eigenvalue weighted by molar-refractivity contribution is 6.42. The molecule has 2 heterocycles. The number of halogens is 2. The molecule has 1 aliphatic rings. The maximum Gasteiger partial charge on any atom is 0.213 e. The van der Waals surface area contributed by atoms with Gasteiger partial charge in [0.1, 0.15) is 6.10 Å². The summed E-state index contributed by atoms with van der Waals surface area (Å²) in [6.45, 7) is 3.17. The van der Waals surface area contributed by atoms with Gasteiger partial charge in [-0.15, -0.1) is 0 Å². The molecule has 0 amide bonds. The Hall–Kier alpha value is -1.37. The van der Waals surface area contributed by atoms with Crippen LogP contribution in [-0.2, 0) is 4.74 Å². The van der Waals surface area contributed by atoms with Crippen LogP contribution in [0.4, 0.5) is 0 Å². The fourth-order valence-corrected chi connectivity index (χ4v) is 3.09. The summed E-state index contributed by atoms with van der Waals surface area (Å²) in [5, 5.41) is 11.5. The molecular weight excluding hydrogens is 363 g/mol. The van der Waals surface area contributed by atoms with Crippen LogP contribution >= 0.6 is 23.2 Å². The Labute approximate surface area is 156 Å². The van der Waals surface area contributed by atoms with E-state index in [1.807, 2.05) is 6.92 Å². The largest absolute Gasteiger partial charge is 0.472 e. The highest BCUT2D eigenvalue weighted by atomic mass is 35.5. The lowest BCUT2D eigenvalue weighted by atomic mass is 9.95. The summed E-state index contributed by atoms with van der Waals surface area (Å²) in [7, 11) is 0. The molecule has 1 fully saturated rings. The Morgan fingerprint density at radius 3 is 2.76 bits per heavy atom. The van der Waals surface area contributed by atoms with Crippen molar-refractivity contribution in [3.63, 3.8) is 0 Å². The van der Waals surface area contributed by atoms with Gasteiger partial charge < -0.3 is 20.3 Å². The van der Waals surface area contributed by atoms with Gasteiger partial charge in [-0.25, -0.2) is 4.98 Å². The molecule has 5 nitrogen and oxygen atoms in total. The quantitative estimate of drug-likeness (QED) is 0.825. The highest BCUT2D eigenvalue weighted by Gasteiger charge is 2.23. The van der Waals surface area contributed by atoms with E-state index in [1.165, 1.54) is 0 Å². The first kappa shape index (κ1) is 18.4. The third-order valence-corrected chi connectivity index (χ3v) is 5.03. The summed E-state index contributed by atoms with van der Waals surface area (Å²) in [4.78, 5) is 4.29. The molecule has 0 aliphatic carbocycles. The number of pyridine rings is 1. The SMILES string of the molecule is Cc1cc(OC2CCOC2)ncc1[C@H](O)[C@H](N)c1ccc(Cl)c(Cl)c1. The Bertz CT molecular complexity index is 751. The maximum absolute atomic E-state index is 10.7. The van der Waals surface area contributed by atoms with Crippen molar-refractivity contribution in [3.05, 3.63) is 57.2 Å². The number of nitrogens with two attached hydrogens (primary N) is 1. The van der Waals surface area contributed by atoms with Crippen molar-refractivity contribution in [2.24, 2.45) is 5.73 Å². The van der Waals surface area contributed by atoms with E-state index < -0.39 is 12.1 Å². The Kier molecular flexibility index (Phi) is 5.81. The van der Waals surface area contributed by atoms with E-state index in [0.29, 0.717) is 40.3 Å². The maximum atomic E-state index is 10.7. The molecule has 3 atom stereocenters. The second-order valence-corrected chi connectivity index (χ2v) is 6.94. The summed E-state index contributed by atoms with van der Waals surface area (Å²) in [5.41, 5.74) is 8.40. The number of aliphatic hydroxyl groups excluding tert-OH is 1. The molecule has 134 valence electrons. The number of aromatic nitrogens is 1. The van der Waals surface area contributed by atoms with Crippen LogP contribution in [0.3, 0.4) is 0 Å². The molecule has 1 aromatic heterocycles. The zero-order valence-electron chi connectivity index (χ0n) is 13.8. The predicted molar refractivity (Wildman–Crippen MR) is 97.2 cm³/mol. The first-order valence-corrected chi connectivity index (χ1v) is 8.81. The fourth-order valence-electron chi connectivity index (χ4n) is 2.79. The van der Waals surface area contributed by atoms with Gasteiger partial charge in [-0.1, -0.05) is 29.3 Å². The van der Waals surface area contributed by atoms with Crippen LogP contribution in [0.15, 0.2) is 30.5 Å². The number of rotatable bonds is 5. The van der Waals surface area contributed by atoms with Gasteiger partial charge in [0, 0.05) is 24.2 Å². The molecule has 3 rings (SSSR count). The molecule has 0 radical (unpaired) electrons. The van der Waals surface area contributed by atoms with E-state index >= 15 is 0 Å². The zero-order chi connectivity index (χ0) is 18.0. The van der Waals surface area contributed by atoms with E-state index in [2.05, 4.69) is 4.98 Å². The van der Waals surface area contributed by atoms with E-state index in [9.17, 15) is 5.11 Å². The van der Waals surface area contributed by atoms with E-state index in [4.69, 9.17) is 38.4 Å². The van der Waals surface area contributed by atoms with Crippen LogP contribution in [0.2, 0.25) is 10.0 Å². The second-order valence-electron chi connectivity index (χ2n) is 6.13. The van der Waals surface area contributed by atoms with Crippen molar-refractivity contribution in [2.45, 2.75) is 31.6 Å². The average Bonchev–Trinajstić information content (AvgIpc) is 3.09. The second kappa shape index (κ2) is 7.89. The van der Waals surface area contributed by atoms with Gasteiger partial charge in [-0.05, 0) is 30.2 Å². The standard InChI is InChI=1S/C18H20Cl2N2O3/c1-10-6-16(25-12-4-5-24-9-12)22-8-13(10)18(23)17(21)11-2-3-14(19)15(20)7-11/h2-3,6-8,12,17-18,23H,4-5,9,21H2,1H3/t12?,17-,18+/m1/s1. The zero-order valence-corrected chi connectivity index (χ0v) is 15.3. The van der Waals surface area contributed by atoms with Crippen LogP contribution in [0, 0.1) is 6.92 Å². The van der Waals surface area contributed by atoms with Gasteiger partial charge in [-0.3, -0.25) is 0 Å². The van der Waals surface area contributed by atoms with Crippen LogP contribution in [0.25, 0.3) is 0 Å². The molecule has 1 aliphatic heterocycles. The molecule has 0 saturated carbocycles. The number of hydrogen-bond donors (Lipinski definition) is 2. The van der Waals surface area contributed by atoms with Crippen molar-refractivity contribution < 1.29 is 14.6 Å². The lowest BCUT2D eigenvalue weighted by molar-refractivity contribution is 0.136. The van der Waals surface area contributed by atoms with Gasteiger partial charge >= 0.3 is 0 Å². The molecule has 1 unspecified atom stereocenters. The highest BCUT2D eigenvalue weighted by Crippen LogP contribution is 2.32. The number of benzene rings is 1. The van der Waals surface area contributed by atoms with Gasteiger partial charge in [0.25, 0.3) is 0 Å². The first-order valence-electron chi connectivity index (χ1n) is 8.05. The van der Waals surface area contributed by atoms with Gasteiger partial charge in [-0.2, -0.15) is 0 Å². The van der Waals surface area contributed by atoms with E-state index in [0.717, 1.165) is 12.0 Å². The Morgan fingerprint density at radius 1 is 1.32 bits per heavy atom. The van der Waals surface area contributed by atoms with Gasteiger partial charge in [0.05, 0.1) is 35.4 Å². The van der Waals surface area contributed by atoms with Crippen molar-refractivity contribution in [3.8, 4) is 5.88 Å². The number of aryl methyl sites for hydroxylation is 1. The third-order valence-electron chi connectivity index (χ3n) is 4.29. The van der Waals surface area contributed by atoms with Crippen molar-refractivity contribution in [2.75, 3.05) is 13.2 Å². The molecule has 2 aromatic rings. The van der Waals surface area contributed by atoms with Crippen LogP contribution in [0.5, 0.6) is 5.88 Å². The monoisotopic (exact) mass is 382 g/mol.